The number of para-hydroxylation sites is 1. The SMILES string of the molecule is COc1ccc(S(=O)(=O)N(CCN2CCOCC2)Cc2cccc(Oc3ccccc3)c2)cc1. The van der Waals surface area contributed by atoms with Crippen LogP contribution < -0.4 is 9.47 Å². The molecule has 0 aromatic heterocycles. The van der Waals surface area contributed by atoms with E-state index >= 15 is 0 Å². The van der Waals surface area contributed by atoms with Crippen LogP contribution in [0.4, 0.5) is 0 Å². The van der Waals surface area contributed by atoms with E-state index in [1.165, 1.54) is 4.31 Å². The van der Waals surface area contributed by atoms with E-state index in [1.54, 1.807) is 31.4 Å². The van der Waals surface area contributed by atoms with Crippen molar-refractivity contribution in [1.82, 2.24) is 9.21 Å². The molecule has 1 heterocycles. The maximum absolute atomic E-state index is 13.6. The molecule has 1 saturated heterocycles. The Bertz CT molecular complexity index is 1150. The normalized spacial score (nSPS) is 14.8. The number of ether oxygens (including phenoxy) is 3. The first kappa shape index (κ1) is 24.2. The van der Waals surface area contributed by atoms with Gasteiger partial charge in [0.15, 0.2) is 0 Å². The van der Waals surface area contributed by atoms with E-state index in [4.69, 9.17) is 14.2 Å². The van der Waals surface area contributed by atoms with Crippen molar-refractivity contribution in [1.29, 1.82) is 0 Å². The third-order valence-electron chi connectivity index (χ3n) is 5.70. The van der Waals surface area contributed by atoms with Crippen molar-refractivity contribution < 1.29 is 22.6 Å². The largest absolute Gasteiger partial charge is 0.497 e. The summed E-state index contributed by atoms with van der Waals surface area (Å²) in [6.07, 6.45) is 0. The Kier molecular flexibility index (Phi) is 8.18. The first-order valence-electron chi connectivity index (χ1n) is 11.3. The lowest BCUT2D eigenvalue weighted by Crippen LogP contribution is -2.42. The maximum Gasteiger partial charge on any atom is 0.243 e. The number of morpholine rings is 1. The fourth-order valence-electron chi connectivity index (χ4n) is 3.79. The Hall–Kier alpha value is -2.91. The van der Waals surface area contributed by atoms with Gasteiger partial charge in [0.05, 0.1) is 25.2 Å². The Balaban J connectivity index is 1.55. The number of benzene rings is 3. The first-order valence-corrected chi connectivity index (χ1v) is 12.7. The predicted octanol–water partition coefficient (Wildman–Crippen LogP) is 4.01. The molecule has 7 nitrogen and oxygen atoms in total. The molecule has 0 unspecified atom stereocenters. The van der Waals surface area contributed by atoms with Crippen LogP contribution in [0.3, 0.4) is 0 Å². The van der Waals surface area contributed by atoms with E-state index in [-0.39, 0.29) is 11.4 Å². The van der Waals surface area contributed by atoms with E-state index < -0.39 is 10.0 Å². The number of sulfonamides is 1. The van der Waals surface area contributed by atoms with Crippen molar-refractivity contribution in [3.05, 3.63) is 84.4 Å². The van der Waals surface area contributed by atoms with Crippen LogP contribution in [0.2, 0.25) is 0 Å². The molecule has 0 aliphatic carbocycles. The topological polar surface area (TPSA) is 68.3 Å². The fraction of sp³-hybridized carbons (Fsp3) is 0.308. The van der Waals surface area contributed by atoms with Gasteiger partial charge in [0, 0.05) is 32.7 Å². The highest BCUT2D eigenvalue weighted by Gasteiger charge is 2.26. The third kappa shape index (κ3) is 6.36. The van der Waals surface area contributed by atoms with E-state index in [2.05, 4.69) is 4.90 Å². The highest BCUT2D eigenvalue weighted by molar-refractivity contribution is 7.89. The summed E-state index contributed by atoms with van der Waals surface area (Å²) in [5.41, 5.74) is 0.854. The lowest BCUT2D eigenvalue weighted by atomic mass is 10.2. The number of hydrogen-bond donors (Lipinski definition) is 0. The summed E-state index contributed by atoms with van der Waals surface area (Å²) >= 11 is 0. The van der Waals surface area contributed by atoms with Gasteiger partial charge in [0.2, 0.25) is 10.0 Å². The fourth-order valence-corrected chi connectivity index (χ4v) is 5.21. The van der Waals surface area contributed by atoms with Crippen molar-refractivity contribution >= 4 is 10.0 Å². The zero-order valence-corrected chi connectivity index (χ0v) is 20.1. The summed E-state index contributed by atoms with van der Waals surface area (Å²) in [5, 5.41) is 0. The lowest BCUT2D eigenvalue weighted by molar-refractivity contribution is 0.0361. The summed E-state index contributed by atoms with van der Waals surface area (Å²) in [6, 6.07) is 23.6. The predicted molar refractivity (Wildman–Crippen MR) is 131 cm³/mol. The average molecular weight is 483 g/mol. The van der Waals surface area contributed by atoms with Crippen molar-refractivity contribution in [3.63, 3.8) is 0 Å². The molecule has 0 atom stereocenters. The van der Waals surface area contributed by atoms with Gasteiger partial charge in [-0.25, -0.2) is 8.42 Å². The second-order valence-electron chi connectivity index (χ2n) is 8.03. The molecule has 8 heteroatoms. The van der Waals surface area contributed by atoms with Crippen LogP contribution in [-0.2, 0) is 21.3 Å². The quantitative estimate of drug-likeness (QED) is 0.435. The molecule has 1 fully saturated rings. The minimum atomic E-state index is -3.72. The van der Waals surface area contributed by atoms with Crippen LogP contribution in [0.5, 0.6) is 17.2 Å². The Morgan fingerprint density at radius 1 is 0.882 bits per heavy atom. The second-order valence-corrected chi connectivity index (χ2v) is 9.97. The molecule has 0 amide bonds. The molecule has 1 aliphatic rings. The summed E-state index contributed by atoms with van der Waals surface area (Å²) in [4.78, 5) is 2.47. The number of rotatable bonds is 10. The minimum Gasteiger partial charge on any atom is -0.497 e. The zero-order chi connectivity index (χ0) is 23.8. The Labute approximate surface area is 201 Å². The molecule has 4 rings (SSSR count). The molecule has 0 N–H and O–H groups in total. The van der Waals surface area contributed by atoms with Crippen molar-refractivity contribution in [2.75, 3.05) is 46.5 Å². The van der Waals surface area contributed by atoms with Gasteiger partial charge < -0.3 is 14.2 Å². The molecule has 0 saturated carbocycles. The van der Waals surface area contributed by atoms with E-state index in [1.807, 2.05) is 54.6 Å². The Morgan fingerprint density at radius 2 is 1.59 bits per heavy atom. The zero-order valence-electron chi connectivity index (χ0n) is 19.3. The highest BCUT2D eigenvalue weighted by Crippen LogP contribution is 2.25. The van der Waals surface area contributed by atoms with Gasteiger partial charge in [-0.05, 0) is 54.1 Å². The van der Waals surface area contributed by atoms with Gasteiger partial charge in [-0.15, -0.1) is 0 Å². The van der Waals surface area contributed by atoms with Gasteiger partial charge in [-0.2, -0.15) is 4.31 Å². The molecular weight excluding hydrogens is 452 g/mol. The number of nitrogens with zero attached hydrogens (tertiary/aromatic N) is 2. The molecule has 1 aliphatic heterocycles. The van der Waals surface area contributed by atoms with E-state index in [0.717, 1.165) is 24.4 Å². The maximum atomic E-state index is 13.6. The van der Waals surface area contributed by atoms with Crippen LogP contribution in [-0.4, -0.2) is 64.1 Å². The molecule has 3 aromatic rings. The first-order chi connectivity index (χ1) is 16.5. The monoisotopic (exact) mass is 482 g/mol. The van der Waals surface area contributed by atoms with E-state index in [0.29, 0.717) is 37.8 Å². The number of hydrogen-bond acceptors (Lipinski definition) is 6. The van der Waals surface area contributed by atoms with Gasteiger partial charge in [-0.3, -0.25) is 4.90 Å². The number of methoxy groups -OCH3 is 1. The van der Waals surface area contributed by atoms with Crippen molar-refractivity contribution in [3.8, 4) is 17.2 Å². The highest BCUT2D eigenvalue weighted by atomic mass is 32.2. The molecular formula is C26H30N2O5S. The standard InChI is InChI=1S/C26H30N2O5S/c1-31-23-10-12-26(13-11-23)34(29,30)28(15-14-27-16-18-32-19-17-27)21-22-6-5-9-25(20-22)33-24-7-3-2-4-8-24/h2-13,20H,14-19,21H2,1H3. The molecule has 34 heavy (non-hydrogen) atoms. The van der Waals surface area contributed by atoms with Crippen molar-refractivity contribution in [2.45, 2.75) is 11.4 Å². The molecule has 3 aromatic carbocycles. The van der Waals surface area contributed by atoms with Crippen LogP contribution in [0.25, 0.3) is 0 Å². The van der Waals surface area contributed by atoms with Crippen molar-refractivity contribution in [2.24, 2.45) is 0 Å². The van der Waals surface area contributed by atoms with Gasteiger partial charge in [0.1, 0.15) is 17.2 Å². The summed E-state index contributed by atoms with van der Waals surface area (Å²) in [6.45, 7) is 4.20. The Morgan fingerprint density at radius 3 is 2.29 bits per heavy atom. The minimum absolute atomic E-state index is 0.241. The second kappa shape index (κ2) is 11.5. The smallest absolute Gasteiger partial charge is 0.243 e. The van der Waals surface area contributed by atoms with E-state index in [9.17, 15) is 8.42 Å². The molecule has 180 valence electrons. The lowest BCUT2D eigenvalue weighted by Gasteiger charge is -2.30. The van der Waals surface area contributed by atoms with Gasteiger partial charge >= 0.3 is 0 Å². The average Bonchev–Trinajstić information content (AvgIpc) is 2.88. The van der Waals surface area contributed by atoms with Crippen LogP contribution >= 0.6 is 0 Å². The van der Waals surface area contributed by atoms with Crippen LogP contribution in [0, 0.1) is 0 Å². The van der Waals surface area contributed by atoms with Gasteiger partial charge in [0.25, 0.3) is 0 Å². The molecule has 0 bridgehead atoms. The summed E-state index contributed by atoms with van der Waals surface area (Å²) < 4.78 is 45.3. The molecule has 0 radical (unpaired) electrons. The molecule has 0 spiro atoms. The van der Waals surface area contributed by atoms with Crippen LogP contribution in [0.1, 0.15) is 5.56 Å². The summed E-state index contributed by atoms with van der Waals surface area (Å²) in [5.74, 6) is 2.01. The van der Waals surface area contributed by atoms with Gasteiger partial charge in [-0.1, -0.05) is 30.3 Å². The summed E-state index contributed by atoms with van der Waals surface area (Å²) in [7, 11) is -2.16. The third-order valence-corrected chi connectivity index (χ3v) is 7.56. The van der Waals surface area contributed by atoms with Crippen LogP contribution in [0.15, 0.2) is 83.8 Å².